The molecule has 1 aromatic carbocycles. The van der Waals surface area contributed by atoms with Crippen LogP contribution in [-0.4, -0.2) is 60.1 Å². The molecule has 0 bridgehead atoms. The number of carbonyl (C=O) groups is 4. The van der Waals surface area contributed by atoms with Crippen molar-refractivity contribution >= 4 is 30.0 Å². The summed E-state index contributed by atoms with van der Waals surface area (Å²) in [6.45, 7) is 18.7. The number of methoxy groups -OCH3 is 1. The van der Waals surface area contributed by atoms with Gasteiger partial charge in [0, 0.05) is 6.04 Å². The third kappa shape index (κ3) is 11.8. The van der Waals surface area contributed by atoms with E-state index in [0.717, 1.165) is 12.0 Å². The van der Waals surface area contributed by atoms with Gasteiger partial charge in [-0.2, -0.15) is 0 Å². The molecule has 1 aromatic rings. The highest BCUT2D eigenvalue weighted by molar-refractivity contribution is 5.93. The molecule has 40 heavy (non-hydrogen) atoms. The quantitative estimate of drug-likeness (QED) is 0.301. The molecule has 0 heterocycles. The number of benzene rings is 1. The predicted octanol–water partition coefficient (Wildman–Crippen LogP) is 5.25. The zero-order chi connectivity index (χ0) is 30.6. The van der Waals surface area contributed by atoms with Crippen molar-refractivity contribution in [2.45, 2.75) is 98.4 Å². The van der Waals surface area contributed by atoms with E-state index < -0.39 is 41.6 Å². The summed E-state index contributed by atoms with van der Waals surface area (Å²) in [5, 5.41) is 5.39. The molecule has 0 aliphatic heterocycles. The number of carbonyl (C=O) groups excluding carboxylic acids is 4. The van der Waals surface area contributed by atoms with Crippen LogP contribution in [0.3, 0.4) is 0 Å². The van der Waals surface area contributed by atoms with Gasteiger partial charge < -0.3 is 25.0 Å². The Balaban J connectivity index is 3.68. The number of amides is 3. The first-order valence-electron chi connectivity index (χ1n) is 14.0. The fraction of sp³-hybridized carbons (Fsp3) is 0.613. The average Bonchev–Trinajstić information content (AvgIpc) is 2.86. The first-order valence-corrected chi connectivity index (χ1v) is 14.0. The van der Waals surface area contributed by atoms with Crippen molar-refractivity contribution in [3.8, 4) is 0 Å². The first-order chi connectivity index (χ1) is 18.6. The van der Waals surface area contributed by atoms with E-state index in [4.69, 9.17) is 9.47 Å². The van der Waals surface area contributed by atoms with Gasteiger partial charge in [0.1, 0.15) is 24.2 Å². The fourth-order valence-electron chi connectivity index (χ4n) is 4.26. The molecule has 3 atom stereocenters. The summed E-state index contributed by atoms with van der Waals surface area (Å²) < 4.78 is 10.2. The van der Waals surface area contributed by atoms with Crippen LogP contribution in [0.1, 0.15) is 91.8 Å². The second-order valence-corrected chi connectivity index (χ2v) is 12.0. The van der Waals surface area contributed by atoms with Crippen molar-refractivity contribution in [3.63, 3.8) is 0 Å². The van der Waals surface area contributed by atoms with E-state index in [9.17, 15) is 19.2 Å². The van der Waals surface area contributed by atoms with Crippen LogP contribution in [0, 0.1) is 11.8 Å². The van der Waals surface area contributed by atoms with E-state index >= 15 is 0 Å². The highest BCUT2D eigenvalue weighted by Crippen LogP contribution is 2.29. The van der Waals surface area contributed by atoms with Crippen LogP contribution in [0.15, 0.2) is 30.8 Å². The molecule has 3 unspecified atom stereocenters. The summed E-state index contributed by atoms with van der Waals surface area (Å²) in [5.41, 5.74) is 0.586. The molecule has 0 saturated carbocycles. The highest BCUT2D eigenvalue weighted by Gasteiger charge is 2.39. The minimum Gasteiger partial charge on any atom is -0.468 e. The van der Waals surface area contributed by atoms with E-state index in [-0.39, 0.29) is 18.5 Å². The summed E-state index contributed by atoms with van der Waals surface area (Å²) in [5.74, 6) is -1.11. The lowest BCUT2D eigenvalue weighted by molar-refractivity contribution is -0.147. The molecule has 0 saturated heterocycles. The van der Waals surface area contributed by atoms with Gasteiger partial charge in [-0.05, 0) is 76.0 Å². The Kier molecular flexibility index (Phi) is 13.9. The van der Waals surface area contributed by atoms with Gasteiger partial charge in [0.15, 0.2) is 0 Å². The average molecular weight is 560 g/mol. The summed E-state index contributed by atoms with van der Waals surface area (Å²) in [6, 6.07) is 4.82. The van der Waals surface area contributed by atoms with Gasteiger partial charge >= 0.3 is 12.1 Å². The molecule has 1 rings (SSSR count). The molecule has 3 amide bonds. The standard InChI is InChI=1S/C31H49N3O6/c1-11-23-13-12-14-24(18-23)27(28(36)32-19-26(35)39-10)34(22(6)16-15-20(2)3)29(37)25(17-21(4)5)33-30(38)40-31(7,8)9/h11-14,18,20-22,25,27H,1,15-17,19H2,2-10H3,(H,32,36)(H,33,38). The summed E-state index contributed by atoms with van der Waals surface area (Å²) >= 11 is 0. The van der Waals surface area contributed by atoms with Gasteiger partial charge in [-0.25, -0.2) is 4.79 Å². The molecule has 2 N–H and O–H groups in total. The molecule has 0 spiro atoms. The molecule has 0 aliphatic carbocycles. The smallest absolute Gasteiger partial charge is 0.408 e. The maximum atomic E-state index is 14.4. The largest absolute Gasteiger partial charge is 0.468 e. The molecule has 0 aliphatic rings. The SMILES string of the molecule is C=Cc1cccc(C(C(=O)NCC(=O)OC)N(C(=O)C(CC(C)C)NC(=O)OC(C)(C)C)C(C)CCC(C)C)c1. The number of esters is 1. The predicted molar refractivity (Wildman–Crippen MR) is 157 cm³/mol. The minimum atomic E-state index is -1.07. The number of nitrogens with zero attached hydrogens (tertiary/aromatic N) is 1. The van der Waals surface area contributed by atoms with Crippen LogP contribution in [0.2, 0.25) is 0 Å². The molecular weight excluding hydrogens is 510 g/mol. The van der Waals surface area contributed by atoms with Crippen molar-refractivity contribution in [2.24, 2.45) is 11.8 Å². The maximum Gasteiger partial charge on any atom is 0.408 e. The molecule has 0 radical (unpaired) electrons. The van der Waals surface area contributed by atoms with Crippen LogP contribution < -0.4 is 10.6 Å². The van der Waals surface area contributed by atoms with E-state index in [2.05, 4.69) is 31.1 Å². The lowest BCUT2D eigenvalue weighted by atomic mass is 9.94. The topological polar surface area (TPSA) is 114 Å². The summed E-state index contributed by atoms with van der Waals surface area (Å²) in [7, 11) is 1.24. The van der Waals surface area contributed by atoms with E-state index in [0.29, 0.717) is 24.3 Å². The van der Waals surface area contributed by atoms with Crippen molar-refractivity contribution in [1.29, 1.82) is 0 Å². The molecule has 9 nitrogen and oxygen atoms in total. The fourth-order valence-corrected chi connectivity index (χ4v) is 4.26. The normalized spacial score (nSPS) is 13.7. The highest BCUT2D eigenvalue weighted by atomic mass is 16.6. The van der Waals surface area contributed by atoms with Gasteiger partial charge in [-0.1, -0.05) is 58.5 Å². The van der Waals surface area contributed by atoms with Gasteiger partial charge in [-0.15, -0.1) is 0 Å². The van der Waals surface area contributed by atoms with Crippen LogP contribution in [0.4, 0.5) is 4.79 Å². The minimum absolute atomic E-state index is 0.0624. The van der Waals surface area contributed by atoms with E-state index in [1.54, 1.807) is 49.9 Å². The number of hydrogen-bond acceptors (Lipinski definition) is 6. The van der Waals surface area contributed by atoms with Crippen LogP contribution in [-0.2, 0) is 23.9 Å². The van der Waals surface area contributed by atoms with Crippen LogP contribution >= 0.6 is 0 Å². The number of rotatable bonds is 14. The van der Waals surface area contributed by atoms with E-state index in [1.165, 1.54) is 7.11 Å². The Hall–Kier alpha value is -3.36. The number of hydrogen-bond donors (Lipinski definition) is 2. The Bertz CT molecular complexity index is 1010. The Morgan fingerprint density at radius 1 is 1.02 bits per heavy atom. The maximum absolute atomic E-state index is 14.4. The molecule has 0 aromatic heterocycles. The van der Waals surface area contributed by atoms with Gasteiger partial charge in [-0.3, -0.25) is 14.4 Å². The second kappa shape index (κ2) is 16.0. The lowest BCUT2D eigenvalue weighted by Crippen LogP contribution is -2.56. The van der Waals surface area contributed by atoms with Crippen LogP contribution in [0.25, 0.3) is 6.08 Å². The third-order valence-electron chi connectivity index (χ3n) is 6.21. The zero-order valence-corrected chi connectivity index (χ0v) is 25.7. The second-order valence-electron chi connectivity index (χ2n) is 12.0. The first kappa shape index (κ1) is 34.7. The summed E-state index contributed by atoms with van der Waals surface area (Å²) in [4.78, 5) is 54.3. The van der Waals surface area contributed by atoms with E-state index in [1.807, 2.05) is 26.8 Å². The Labute approximate surface area is 240 Å². The van der Waals surface area contributed by atoms with Crippen molar-refractivity contribution in [2.75, 3.05) is 13.7 Å². The van der Waals surface area contributed by atoms with Gasteiger partial charge in [0.05, 0.1) is 7.11 Å². The number of ether oxygens (including phenoxy) is 2. The van der Waals surface area contributed by atoms with Gasteiger partial charge in [0.2, 0.25) is 11.8 Å². The monoisotopic (exact) mass is 559 g/mol. The Morgan fingerprint density at radius 3 is 2.20 bits per heavy atom. The van der Waals surface area contributed by atoms with Crippen molar-refractivity contribution < 1.29 is 28.7 Å². The number of nitrogens with one attached hydrogen (secondary N) is 2. The molecule has 224 valence electrons. The van der Waals surface area contributed by atoms with Crippen LogP contribution in [0.5, 0.6) is 0 Å². The number of alkyl carbamates (subject to hydrolysis) is 1. The zero-order valence-electron chi connectivity index (χ0n) is 25.7. The lowest BCUT2D eigenvalue weighted by Gasteiger charge is -2.39. The van der Waals surface area contributed by atoms with Gasteiger partial charge in [0.25, 0.3) is 0 Å². The Morgan fingerprint density at radius 2 is 1.68 bits per heavy atom. The van der Waals surface area contributed by atoms with Crippen molar-refractivity contribution in [1.82, 2.24) is 15.5 Å². The molecular formula is C31H49N3O6. The summed E-state index contributed by atoms with van der Waals surface area (Å²) in [6.07, 6.45) is 2.75. The third-order valence-corrected chi connectivity index (χ3v) is 6.21. The van der Waals surface area contributed by atoms with Crippen molar-refractivity contribution in [3.05, 3.63) is 42.0 Å². The molecule has 0 fully saturated rings. The molecule has 9 heteroatoms.